The van der Waals surface area contributed by atoms with Crippen molar-refractivity contribution in [3.63, 3.8) is 0 Å². The van der Waals surface area contributed by atoms with E-state index in [1.165, 1.54) is 25.7 Å². The Labute approximate surface area is 297 Å². The summed E-state index contributed by atoms with van der Waals surface area (Å²) in [7, 11) is 0. The number of carbonyl (C=O) groups is 1. The van der Waals surface area contributed by atoms with Crippen LogP contribution in [0.3, 0.4) is 0 Å². The molecule has 0 radical (unpaired) electrons. The molecule has 11 atom stereocenters. The summed E-state index contributed by atoms with van der Waals surface area (Å²) in [6.45, 7) is 3.48. The van der Waals surface area contributed by atoms with Gasteiger partial charge in [-0.15, -0.1) is 0 Å². The van der Waals surface area contributed by atoms with Gasteiger partial charge in [-0.3, -0.25) is 4.79 Å². The van der Waals surface area contributed by atoms with E-state index < -0.39 is 86.7 Å². The minimum absolute atomic E-state index is 0.0588. The van der Waals surface area contributed by atoms with Crippen molar-refractivity contribution in [2.75, 3.05) is 33.0 Å². The second-order valence-corrected chi connectivity index (χ2v) is 13.4. The molecule has 0 bridgehead atoms. The molecule has 0 spiro atoms. The zero-order valence-corrected chi connectivity index (χ0v) is 30.1. The highest BCUT2D eigenvalue weighted by molar-refractivity contribution is 5.69. The van der Waals surface area contributed by atoms with Crippen molar-refractivity contribution in [2.24, 2.45) is 0 Å². The lowest BCUT2D eigenvalue weighted by molar-refractivity contribution is -0.332. The van der Waals surface area contributed by atoms with Crippen molar-refractivity contribution in [1.29, 1.82) is 0 Å². The Balaban J connectivity index is 1.86. The molecule has 14 heteroatoms. The maximum absolute atomic E-state index is 12.6. The minimum atomic E-state index is -1.70. The topological polar surface area (TPSA) is 214 Å². The average molecular weight is 723 g/mol. The summed E-state index contributed by atoms with van der Waals surface area (Å²) in [6, 6.07) is 0. The Bertz CT molecular complexity index is 891. The Morgan fingerprint density at radius 3 is 1.90 bits per heavy atom. The number of rotatable bonds is 27. The van der Waals surface area contributed by atoms with Crippen LogP contribution < -0.4 is 0 Å². The van der Waals surface area contributed by atoms with Crippen LogP contribution in [-0.4, -0.2) is 142 Å². The summed E-state index contributed by atoms with van der Waals surface area (Å²) < 4.78 is 33.8. The molecule has 50 heavy (non-hydrogen) atoms. The minimum Gasteiger partial charge on any atom is -0.457 e. The molecule has 294 valence electrons. The molecule has 2 saturated heterocycles. The SMILES string of the molecule is CCC/C=C\CCCCCCCCOCC(COC1OC(COC2OC(CO)C(O)C(O)C2O)C(O)C(O)C1O)OC(=O)CCCCCCC. The Morgan fingerprint density at radius 1 is 0.640 bits per heavy atom. The largest absolute Gasteiger partial charge is 0.457 e. The molecule has 2 rings (SSSR count). The van der Waals surface area contributed by atoms with Gasteiger partial charge in [0.15, 0.2) is 12.6 Å². The maximum atomic E-state index is 12.6. The fraction of sp³-hybridized carbons (Fsp3) is 0.917. The number of hydrogen-bond donors (Lipinski definition) is 7. The van der Waals surface area contributed by atoms with Gasteiger partial charge in [-0.2, -0.15) is 0 Å². The van der Waals surface area contributed by atoms with Crippen LogP contribution in [0, 0.1) is 0 Å². The molecule has 0 aromatic rings. The van der Waals surface area contributed by atoms with Gasteiger partial charge in [0.25, 0.3) is 0 Å². The third-order valence-corrected chi connectivity index (χ3v) is 9.01. The number of esters is 1. The zero-order valence-electron chi connectivity index (χ0n) is 30.1. The molecule has 0 aromatic heterocycles. The number of ether oxygens (including phenoxy) is 6. The number of unbranched alkanes of at least 4 members (excludes halogenated alkanes) is 11. The summed E-state index contributed by atoms with van der Waals surface area (Å²) in [5.41, 5.74) is 0. The third kappa shape index (κ3) is 16.6. The van der Waals surface area contributed by atoms with E-state index in [1.807, 2.05) is 0 Å². The number of allylic oxidation sites excluding steroid dienone is 2. The molecule has 0 saturated carbocycles. The molecule has 2 heterocycles. The lowest BCUT2D eigenvalue weighted by Gasteiger charge is -2.42. The van der Waals surface area contributed by atoms with Gasteiger partial charge in [-0.05, 0) is 32.1 Å². The number of carbonyl (C=O) groups excluding carboxylic acids is 1. The molecule has 2 fully saturated rings. The summed E-state index contributed by atoms with van der Waals surface area (Å²) in [5.74, 6) is -0.394. The van der Waals surface area contributed by atoms with Gasteiger partial charge in [0, 0.05) is 13.0 Å². The fourth-order valence-electron chi connectivity index (χ4n) is 5.81. The molecule has 11 unspecified atom stereocenters. The van der Waals surface area contributed by atoms with Crippen molar-refractivity contribution in [3.05, 3.63) is 12.2 Å². The van der Waals surface area contributed by atoms with Gasteiger partial charge in [0.2, 0.25) is 0 Å². The highest BCUT2D eigenvalue weighted by atomic mass is 16.7. The Morgan fingerprint density at radius 2 is 1.22 bits per heavy atom. The second kappa shape index (κ2) is 26.5. The van der Waals surface area contributed by atoms with Crippen molar-refractivity contribution < 1.29 is 69.0 Å². The van der Waals surface area contributed by atoms with Crippen molar-refractivity contribution in [1.82, 2.24) is 0 Å². The molecule has 0 amide bonds. The molecule has 0 aromatic carbocycles. The van der Waals surface area contributed by atoms with Crippen LogP contribution in [0.15, 0.2) is 12.2 Å². The Hall–Kier alpha value is -1.27. The van der Waals surface area contributed by atoms with Crippen LogP contribution in [0.4, 0.5) is 0 Å². The van der Waals surface area contributed by atoms with Crippen LogP contribution in [0.25, 0.3) is 0 Å². The summed E-state index contributed by atoms with van der Waals surface area (Å²) in [5, 5.41) is 71.3. The highest BCUT2D eigenvalue weighted by Crippen LogP contribution is 2.26. The Kier molecular flexibility index (Phi) is 23.8. The van der Waals surface area contributed by atoms with Crippen LogP contribution >= 0.6 is 0 Å². The quantitative estimate of drug-likeness (QED) is 0.0367. The predicted octanol–water partition coefficient (Wildman–Crippen LogP) is 2.00. The van der Waals surface area contributed by atoms with Gasteiger partial charge >= 0.3 is 5.97 Å². The van der Waals surface area contributed by atoms with Gasteiger partial charge in [0.1, 0.15) is 54.9 Å². The van der Waals surface area contributed by atoms with Gasteiger partial charge in [-0.25, -0.2) is 0 Å². The zero-order chi connectivity index (χ0) is 36.7. The third-order valence-electron chi connectivity index (χ3n) is 9.01. The van der Waals surface area contributed by atoms with Crippen LogP contribution in [0.1, 0.15) is 110 Å². The van der Waals surface area contributed by atoms with Gasteiger partial charge in [0.05, 0.1) is 26.4 Å². The van der Waals surface area contributed by atoms with E-state index in [0.717, 1.165) is 57.8 Å². The van der Waals surface area contributed by atoms with Crippen LogP contribution in [0.2, 0.25) is 0 Å². The molecular formula is C36H66O14. The summed E-state index contributed by atoms with van der Waals surface area (Å²) in [6.07, 6.45) is 3.52. The average Bonchev–Trinajstić information content (AvgIpc) is 3.11. The van der Waals surface area contributed by atoms with E-state index in [2.05, 4.69) is 26.0 Å². The molecule has 7 N–H and O–H groups in total. The molecule has 2 aliphatic heterocycles. The van der Waals surface area contributed by atoms with E-state index >= 15 is 0 Å². The first-order chi connectivity index (χ1) is 24.1. The monoisotopic (exact) mass is 722 g/mol. The summed E-state index contributed by atoms with van der Waals surface area (Å²) in [4.78, 5) is 12.6. The summed E-state index contributed by atoms with van der Waals surface area (Å²) >= 11 is 0. The number of hydrogen-bond acceptors (Lipinski definition) is 14. The first-order valence-electron chi connectivity index (χ1n) is 18.8. The normalized spacial score (nSPS) is 30.9. The lowest BCUT2D eigenvalue weighted by atomic mass is 9.98. The van der Waals surface area contributed by atoms with E-state index in [4.69, 9.17) is 28.4 Å². The van der Waals surface area contributed by atoms with Gasteiger partial charge < -0.3 is 64.2 Å². The van der Waals surface area contributed by atoms with Crippen molar-refractivity contribution >= 4 is 5.97 Å². The standard InChI is InChI=1S/C36H66O14/c1-3-5-7-9-10-11-12-13-14-16-18-20-45-22-25(48-28(38)19-17-15-8-6-4-2)23-46-35-34(44)32(42)30(40)27(50-35)24-47-36-33(43)31(41)29(39)26(21-37)49-36/h7,9,25-27,29-37,39-44H,3-6,8,10-24H2,1-2H3/b9-7-. The molecule has 14 nitrogen and oxygen atoms in total. The van der Waals surface area contributed by atoms with E-state index in [1.54, 1.807) is 0 Å². The molecular weight excluding hydrogens is 656 g/mol. The van der Waals surface area contributed by atoms with Crippen molar-refractivity contribution in [2.45, 2.75) is 178 Å². The first-order valence-corrected chi connectivity index (χ1v) is 18.8. The first kappa shape index (κ1) is 44.9. The lowest BCUT2D eigenvalue weighted by Crippen LogP contribution is -2.61. The second-order valence-electron chi connectivity index (χ2n) is 13.4. The maximum Gasteiger partial charge on any atom is 0.306 e. The predicted molar refractivity (Wildman–Crippen MR) is 183 cm³/mol. The van der Waals surface area contributed by atoms with Crippen LogP contribution in [0.5, 0.6) is 0 Å². The molecule has 2 aliphatic rings. The van der Waals surface area contributed by atoms with Crippen LogP contribution in [-0.2, 0) is 33.2 Å². The van der Waals surface area contributed by atoms with E-state index in [0.29, 0.717) is 13.0 Å². The van der Waals surface area contributed by atoms with Gasteiger partial charge in [-0.1, -0.05) is 83.8 Å². The molecule has 0 aliphatic carbocycles. The van der Waals surface area contributed by atoms with Crippen molar-refractivity contribution in [3.8, 4) is 0 Å². The van der Waals surface area contributed by atoms with E-state index in [9.17, 15) is 40.5 Å². The number of aliphatic hydroxyl groups excluding tert-OH is 7. The fourth-order valence-corrected chi connectivity index (χ4v) is 5.81. The smallest absolute Gasteiger partial charge is 0.306 e. The van der Waals surface area contributed by atoms with E-state index in [-0.39, 0.29) is 19.6 Å². The highest BCUT2D eigenvalue weighted by Gasteiger charge is 2.47. The number of aliphatic hydroxyl groups is 7.